The van der Waals surface area contributed by atoms with Crippen LogP contribution < -0.4 is 11.5 Å². The summed E-state index contributed by atoms with van der Waals surface area (Å²) in [6.07, 6.45) is 2.03. The zero-order chi connectivity index (χ0) is 13.3. The van der Waals surface area contributed by atoms with Gasteiger partial charge in [-0.2, -0.15) is 4.98 Å². The average molecular weight is 248 g/mol. The molecular formula is C11H16N6O. The van der Waals surface area contributed by atoms with E-state index in [2.05, 4.69) is 9.97 Å². The van der Waals surface area contributed by atoms with Crippen LogP contribution in [0.1, 0.15) is 25.1 Å². The molecule has 0 saturated heterocycles. The fourth-order valence-electron chi connectivity index (χ4n) is 2.00. The number of nitrogen functional groups attached to an aromatic ring is 2. The predicted octanol–water partition coefficient (Wildman–Crippen LogP) is 0.853. The Balaban J connectivity index is 2.79. The number of nitrogens with one attached hydrogen (secondary N) is 1. The maximum absolute atomic E-state index is 7.61. The van der Waals surface area contributed by atoms with Crippen molar-refractivity contribution in [2.75, 3.05) is 12.8 Å². The molecule has 0 fully saturated rings. The minimum absolute atomic E-state index is 0.0468. The summed E-state index contributed by atoms with van der Waals surface area (Å²) in [6.45, 7) is 1.98. The number of hydrogen-bond donors (Lipinski definition) is 3. The fraction of sp³-hybridized carbons (Fsp3) is 0.364. The highest BCUT2D eigenvalue weighted by molar-refractivity contribution is 6.05. The third-order valence-corrected chi connectivity index (χ3v) is 2.81. The van der Waals surface area contributed by atoms with Crippen LogP contribution in [0.2, 0.25) is 0 Å². The smallest absolute Gasteiger partial charge is 0.204 e. The lowest BCUT2D eigenvalue weighted by Crippen LogP contribution is -2.17. The zero-order valence-electron chi connectivity index (χ0n) is 10.3. The maximum Gasteiger partial charge on any atom is 0.204 e. The molecule has 0 amide bonds. The van der Waals surface area contributed by atoms with E-state index in [1.54, 1.807) is 23.9 Å². The van der Waals surface area contributed by atoms with Crippen molar-refractivity contribution in [2.24, 2.45) is 5.73 Å². The summed E-state index contributed by atoms with van der Waals surface area (Å²) in [5, 5.41) is 7.61. The van der Waals surface area contributed by atoms with Crippen LogP contribution in [0.5, 0.6) is 0 Å². The number of amidine groups is 1. The summed E-state index contributed by atoms with van der Waals surface area (Å²) in [7, 11) is 1.60. The van der Waals surface area contributed by atoms with E-state index < -0.39 is 0 Å². The normalized spacial score (nSPS) is 12.8. The summed E-state index contributed by atoms with van der Waals surface area (Å²) >= 11 is 0. The van der Waals surface area contributed by atoms with E-state index in [4.69, 9.17) is 21.6 Å². The molecule has 0 aliphatic heterocycles. The number of nitrogens with two attached hydrogens (primary N) is 2. The molecule has 96 valence electrons. The minimum Gasteiger partial charge on any atom is -0.384 e. The number of imidazole rings is 1. The summed E-state index contributed by atoms with van der Waals surface area (Å²) in [4.78, 5) is 8.31. The Labute approximate surface area is 104 Å². The molecule has 2 heterocycles. The summed E-state index contributed by atoms with van der Waals surface area (Å²) in [5.41, 5.74) is 13.1. The van der Waals surface area contributed by atoms with Gasteiger partial charge in [0.25, 0.3) is 0 Å². The second-order valence-corrected chi connectivity index (χ2v) is 3.88. The first-order chi connectivity index (χ1) is 8.60. The van der Waals surface area contributed by atoms with Crippen LogP contribution in [-0.4, -0.2) is 27.5 Å². The fourth-order valence-corrected chi connectivity index (χ4v) is 2.00. The lowest BCUT2D eigenvalue weighted by atomic mass is 10.2. The van der Waals surface area contributed by atoms with Gasteiger partial charge in [0.15, 0.2) is 5.65 Å². The van der Waals surface area contributed by atoms with E-state index in [1.807, 2.05) is 6.92 Å². The van der Waals surface area contributed by atoms with Gasteiger partial charge in [0.1, 0.15) is 17.6 Å². The van der Waals surface area contributed by atoms with Gasteiger partial charge in [-0.05, 0) is 12.5 Å². The lowest BCUT2D eigenvalue weighted by molar-refractivity contribution is 0.0460. The molecule has 1 unspecified atom stereocenters. The second kappa shape index (κ2) is 4.61. The molecule has 18 heavy (non-hydrogen) atoms. The first-order valence-electron chi connectivity index (χ1n) is 5.59. The zero-order valence-corrected chi connectivity index (χ0v) is 10.3. The molecule has 2 aromatic rings. The molecular weight excluding hydrogens is 232 g/mol. The van der Waals surface area contributed by atoms with Crippen molar-refractivity contribution >= 4 is 22.9 Å². The summed E-state index contributed by atoms with van der Waals surface area (Å²) in [6, 6.07) is 1.67. The standard InChI is InChI=1S/C11H16N6O/c1-3-7(18-2)17-8-6(9(12)13)4-5-15-10(8)16-11(17)14/h4-5,7H,3H2,1-2H3,(H3,12,13)(H2,14,15,16). The van der Waals surface area contributed by atoms with Crippen LogP contribution in [0.4, 0.5) is 5.95 Å². The third kappa shape index (κ3) is 1.78. The van der Waals surface area contributed by atoms with Gasteiger partial charge in [-0.1, -0.05) is 6.92 Å². The van der Waals surface area contributed by atoms with E-state index >= 15 is 0 Å². The molecule has 7 heteroatoms. The molecule has 7 nitrogen and oxygen atoms in total. The van der Waals surface area contributed by atoms with Crippen molar-refractivity contribution in [1.82, 2.24) is 14.5 Å². The third-order valence-electron chi connectivity index (χ3n) is 2.81. The van der Waals surface area contributed by atoms with E-state index in [0.717, 1.165) is 6.42 Å². The molecule has 1 atom stereocenters. The SMILES string of the molecule is CCC(OC)n1c(N)nc2nccc(C(=N)N)c21. The number of aromatic nitrogens is 3. The number of anilines is 1. The van der Waals surface area contributed by atoms with Crippen molar-refractivity contribution in [3.63, 3.8) is 0 Å². The number of pyridine rings is 1. The van der Waals surface area contributed by atoms with Crippen molar-refractivity contribution < 1.29 is 4.74 Å². The molecule has 0 bridgehead atoms. The Kier molecular flexibility index (Phi) is 3.15. The van der Waals surface area contributed by atoms with Gasteiger partial charge in [0.05, 0.1) is 0 Å². The van der Waals surface area contributed by atoms with Gasteiger partial charge in [0, 0.05) is 18.9 Å². The van der Waals surface area contributed by atoms with Crippen LogP contribution >= 0.6 is 0 Å². The number of nitrogens with zero attached hydrogens (tertiary/aromatic N) is 3. The first-order valence-corrected chi connectivity index (χ1v) is 5.59. The molecule has 0 saturated carbocycles. The van der Waals surface area contributed by atoms with Crippen molar-refractivity contribution in [3.05, 3.63) is 17.8 Å². The molecule has 0 aromatic carbocycles. The van der Waals surface area contributed by atoms with Crippen LogP contribution in [0, 0.1) is 5.41 Å². The Hall–Kier alpha value is -2.15. The van der Waals surface area contributed by atoms with Gasteiger partial charge in [-0.3, -0.25) is 9.98 Å². The van der Waals surface area contributed by atoms with Crippen LogP contribution in [0.15, 0.2) is 12.3 Å². The predicted molar refractivity (Wildman–Crippen MR) is 69.3 cm³/mol. The molecule has 0 aliphatic rings. The Morgan fingerprint density at radius 3 is 2.89 bits per heavy atom. The van der Waals surface area contributed by atoms with Gasteiger partial charge < -0.3 is 16.2 Å². The second-order valence-electron chi connectivity index (χ2n) is 3.88. The number of fused-ring (bicyclic) bond motifs is 1. The van der Waals surface area contributed by atoms with Gasteiger partial charge >= 0.3 is 0 Å². The molecule has 0 spiro atoms. The van der Waals surface area contributed by atoms with Crippen LogP contribution in [0.3, 0.4) is 0 Å². The van der Waals surface area contributed by atoms with Crippen LogP contribution in [0.25, 0.3) is 11.2 Å². The highest BCUT2D eigenvalue weighted by Crippen LogP contribution is 2.26. The number of methoxy groups -OCH3 is 1. The van der Waals surface area contributed by atoms with E-state index in [1.165, 1.54) is 0 Å². The Bertz CT molecular complexity index is 586. The van der Waals surface area contributed by atoms with E-state index in [-0.39, 0.29) is 12.1 Å². The number of hydrogen-bond acceptors (Lipinski definition) is 5. The average Bonchev–Trinajstić information content (AvgIpc) is 2.67. The maximum atomic E-state index is 7.61. The van der Waals surface area contributed by atoms with Gasteiger partial charge in [-0.15, -0.1) is 0 Å². The highest BCUT2D eigenvalue weighted by atomic mass is 16.5. The van der Waals surface area contributed by atoms with E-state index in [0.29, 0.717) is 22.7 Å². The Morgan fingerprint density at radius 1 is 1.61 bits per heavy atom. The highest BCUT2D eigenvalue weighted by Gasteiger charge is 2.20. The quantitative estimate of drug-likeness (QED) is 0.548. The molecule has 2 aromatic heterocycles. The van der Waals surface area contributed by atoms with Crippen molar-refractivity contribution in [3.8, 4) is 0 Å². The Morgan fingerprint density at radius 2 is 2.33 bits per heavy atom. The molecule has 0 radical (unpaired) electrons. The van der Waals surface area contributed by atoms with Gasteiger partial charge in [0.2, 0.25) is 5.95 Å². The minimum atomic E-state index is -0.253. The summed E-state index contributed by atoms with van der Waals surface area (Å²) in [5.74, 6) is 0.259. The van der Waals surface area contributed by atoms with Crippen LogP contribution in [-0.2, 0) is 4.74 Å². The van der Waals surface area contributed by atoms with Crippen molar-refractivity contribution in [2.45, 2.75) is 19.6 Å². The lowest BCUT2D eigenvalue weighted by Gasteiger charge is -2.18. The molecule has 2 rings (SSSR count). The topological polar surface area (TPSA) is 116 Å². The molecule has 5 N–H and O–H groups in total. The number of rotatable bonds is 4. The summed E-state index contributed by atoms with van der Waals surface area (Å²) < 4.78 is 7.09. The first kappa shape index (κ1) is 12.3. The largest absolute Gasteiger partial charge is 0.384 e. The molecule has 0 aliphatic carbocycles. The monoisotopic (exact) mass is 248 g/mol. The number of ether oxygens (including phenoxy) is 1. The van der Waals surface area contributed by atoms with Crippen molar-refractivity contribution in [1.29, 1.82) is 5.41 Å². The van der Waals surface area contributed by atoms with Gasteiger partial charge in [-0.25, -0.2) is 4.98 Å². The van der Waals surface area contributed by atoms with E-state index in [9.17, 15) is 0 Å².